The van der Waals surface area contributed by atoms with E-state index in [1.54, 1.807) is 12.4 Å². The van der Waals surface area contributed by atoms with Crippen LogP contribution >= 0.6 is 11.6 Å². The quantitative estimate of drug-likeness (QED) is 0.741. The van der Waals surface area contributed by atoms with E-state index in [4.69, 9.17) is 11.6 Å². The van der Waals surface area contributed by atoms with E-state index in [1.807, 2.05) is 18.2 Å². The summed E-state index contributed by atoms with van der Waals surface area (Å²) in [5.41, 5.74) is 2.17. The van der Waals surface area contributed by atoms with E-state index in [0.29, 0.717) is 5.88 Å². The molecule has 0 unspecified atom stereocenters. The van der Waals surface area contributed by atoms with E-state index < -0.39 is 0 Å². The summed E-state index contributed by atoms with van der Waals surface area (Å²) < 4.78 is 0. The number of hydrogen-bond donors (Lipinski definition) is 0. The Bertz CT molecular complexity index is 411. The van der Waals surface area contributed by atoms with Crippen molar-refractivity contribution in [3.05, 3.63) is 59.7 Å². The average molecular weight is 219 g/mol. The van der Waals surface area contributed by atoms with Crippen molar-refractivity contribution in [3.8, 4) is 0 Å². The Morgan fingerprint density at radius 1 is 0.933 bits per heavy atom. The summed E-state index contributed by atoms with van der Waals surface area (Å²) in [6.07, 6.45) is 4.32. The maximum Gasteiger partial charge on any atom is 0.132 e. The first kappa shape index (κ1) is 10.1. The molecule has 0 aliphatic rings. The molecule has 0 N–H and O–H groups in total. The third-order valence-corrected chi connectivity index (χ3v) is 2.43. The molecule has 0 bridgehead atoms. The normalized spacial score (nSPS) is 10.2. The van der Waals surface area contributed by atoms with Crippen molar-refractivity contribution >= 4 is 11.6 Å². The molecule has 0 amide bonds. The van der Waals surface area contributed by atoms with Gasteiger partial charge in [-0.25, -0.2) is 9.97 Å². The molecule has 1 heterocycles. The van der Waals surface area contributed by atoms with Crippen LogP contribution in [0.25, 0.3) is 0 Å². The van der Waals surface area contributed by atoms with Gasteiger partial charge in [0.15, 0.2) is 0 Å². The molecule has 3 heteroatoms. The maximum atomic E-state index is 5.66. The van der Waals surface area contributed by atoms with Crippen LogP contribution < -0.4 is 0 Å². The molecular weight excluding hydrogens is 208 g/mol. The van der Waals surface area contributed by atoms with Gasteiger partial charge < -0.3 is 0 Å². The molecule has 0 aliphatic heterocycles. The lowest BCUT2D eigenvalue weighted by molar-refractivity contribution is 0.952. The Kier molecular flexibility index (Phi) is 3.30. The molecule has 1 aromatic carbocycles. The summed E-state index contributed by atoms with van der Waals surface area (Å²) in [4.78, 5) is 8.50. The zero-order chi connectivity index (χ0) is 10.5. The number of aromatic nitrogens is 2. The van der Waals surface area contributed by atoms with Crippen LogP contribution in [0.1, 0.15) is 17.0 Å². The molecule has 0 fully saturated rings. The molecule has 15 heavy (non-hydrogen) atoms. The summed E-state index contributed by atoms with van der Waals surface area (Å²) >= 11 is 5.66. The van der Waals surface area contributed by atoms with Gasteiger partial charge in [0.25, 0.3) is 0 Å². The first-order chi connectivity index (χ1) is 7.38. The first-order valence-electron chi connectivity index (χ1n) is 4.78. The van der Waals surface area contributed by atoms with Gasteiger partial charge in [0.05, 0.1) is 5.88 Å². The van der Waals surface area contributed by atoms with Crippen LogP contribution in [-0.2, 0) is 12.3 Å². The molecule has 76 valence electrons. The Morgan fingerprint density at radius 3 is 2.20 bits per heavy atom. The van der Waals surface area contributed by atoms with Gasteiger partial charge in [-0.05, 0) is 5.56 Å². The second-order valence-electron chi connectivity index (χ2n) is 3.30. The van der Waals surface area contributed by atoms with Crippen molar-refractivity contribution in [2.24, 2.45) is 0 Å². The Labute approximate surface area is 94.0 Å². The van der Waals surface area contributed by atoms with Crippen molar-refractivity contribution in [2.45, 2.75) is 12.3 Å². The third-order valence-electron chi connectivity index (χ3n) is 2.12. The first-order valence-corrected chi connectivity index (χ1v) is 5.31. The smallest absolute Gasteiger partial charge is 0.132 e. The Balaban J connectivity index is 2.11. The van der Waals surface area contributed by atoms with E-state index in [0.717, 1.165) is 17.8 Å². The number of rotatable bonds is 3. The molecule has 0 aliphatic carbocycles. The van der Waals surface area contributed by atoms with Crippen molar-refractivity contribution < 1.29 is 0 Å². The minimum Gasteiger partial charge on any atom is -0.241 e. The van der Waals surface area contributed by atoms with Crippen LogP contribution in [0.15, 0.2) is 42.7 Å². The predicted octanol–water partition coefficient (Wildman–Crippen LogP) is 2.81. The van der Waals surface area contributed by atoms with Crippen LogP contribution in [0.5, 0.6) is 0 Å². The number of benzene rings is 1. The van der Waals surface area contributed by atoms with Crippen LogP contribution in [0.3, 0.4) is 0 Å². The van der Waals surface area contributed by atoms with Gasteiger partial charge in [-0.2, -0.15) is 0 Å². The van der Waals surface area contributed by atoms with Gasteiger partial charge in [0.2, 0.25) is 0 Å². The summed E-state index contributed by atoms with van der Waals surface area (Å²) in [6, 6.07) is 10.2. The fraction of sp³-hybridized carbons (Fsp3) is 0.167. The number of nitrogens with zero attached hydrogens (tertiary/aromatic N) is 2. The monoisotopic (exact) mass is 218 g/mol. The van der Waals surface area contributed by atoms with Crippen molar-refractivity contribution in [3.63, 3.8) is 0 Å². The van der Waals surface area contributed by atoms with E-state index in [9.17, 15) is 0 Å². The van der Waals surface area contributed by atoms with Gasteiger partial charge in [-0.15, -0.1) is 11.6 Å². The molecular formula is C12H11ClN2. The van der Waals surface area contributed by atoms with E-state index >= 15 is 0 Å². The van der Waals surface area contributed by atoms with Crippen molar-refractivity contribution in [1.82, 2.24) is 9.97 Å². The van der Waals surface area contributed by atoms with Crippen LogP contribution in [0, 0.1) is 0 Å². The largest absolute Gasteiger partial charge is 0.241 e. The highest BCUT2D eigenvalue weighted by molar-refractivity contribution is 6.17. The highest BCUT2D eigenvalue weighted by Gasteiger charge is 1.98. The van der Waals surface area contributed by atoms with Crippen LogP contribution in [0.2, 0.25) is 0 Å². The Hall–Kier alpha value is -1.41. The zero-order valence-corrected chi connectivity index (χ0v) is 8.98. The second kappa shape index (κ2) is 4.89. The van der Waals surface area contributed by atoms with Crippen molar-refractivity contribution in [1.29, 1.82) is 0 Å². The molecule has 1 aromatic heterocycles. The third kappa shape index (κ3) is 2.77. The summed E-state index contributed by atoms with van der Waals surface area (Å²) in [5.74, 6) is 1.29. The van der Waals surface area contributed by atoms with Gasteiger partial charge >= 0.3 is 0 Å². The molecule has 0 spiro atoms. The summed E-state index contributed by atoms with van der Waals surface area (Å²) in [6.45, 7) is 0. The lowest BCUT2D eigenvalue weighted by atomic mass is 10.1. The topological polar surface area (TPSA) is 25.8 Å². The molecule has 0 saturated carbocycles. The van der Waals surface area contributed by atoms with E-state index in [-0.39, 0.29) is 0 Å². The van der Waals surface area contributed by atoms with Gasteiger partial charge in [-0.3, -0.25) is 0 Å². The average Bonchev–Trinajstić information content (AvgIpc) is 2.31. The SMILES string of the molecule is ClCc1cnc(Cc2ccccc2)nc1. The van der Waals surface area contributed by atoms with Crippen LogP contribution in [0.4, 0.5) is 0 Å². The minimum atomic E-state index is 0.464. The summed E-state index contributed by atoms with van der Waals surface area (Å²) in [5, 5.41) is 0. The Morgan fingerprint density at radius 2 is 1.60 bits per heavy atom. The van der Waals surface area contributed by atoms with Gasteiger partial charge in [0.1, 0.15) is 5.82 Å². The molecule has 2 aromatic rings. The highest BCUT2D eigenvalue weighted by atomic mass is 35.5. The maximum absolute atomic E-state index is 5.66. The van der Waals surface area contributed by atoms with Gasteiger partial charge in [0, 0.05) is 24.4 Å². The molecule has 0 radical (unpaired) electrons. The fourth-order valence-electron chi connectivity index (χ4n) is 1.32. The predicted molar refractivity (Wildman–Crippen MR) is 60.8 cm³/mol. The number of halogens is 1. The zero-order valence-electron chi connectivity index (χ0n) is 8.23. The van der Waals surface area contributed by atoms with E-state index in [2.05, 4.69) is 22.1 Å². The molecule has 0 atom stereocenters. The van der Waals surface area contributed by atoms with E-state index in [1.165, 1.54) is 5.56 Å². The number of hydrogen-bond acceptors (Lipinski definition) is 2. The van der Waals surface area contributed by atoms with Crippen LogP contribution in [-0.4, -0.2) is 9.97 Å². The minimum absolute atomic E-state index is 0.464. The molecule has 2 nitrogen and oxygen atoms in total. The lowest BCUT2D eigenvalue weighted by Crippen LogP contribution is -1.96. The van der Waals surface area contributed by atoms with Gasteiger partial charge in [-0.1, -0.05) is 30.3 Å². The lowest BCUT2D eigenvalue weighted by Gasteiger charge is -2.00. The fourth-order valence-corrected chi connectivity index (χ4v) is 1.46. The molecule has 2 rings (SSSR count). The second-order valence-corrected chi connectivity index (χ2v) is 3.57. The molecule has 0 saturated heterocycles. The summed E-state index contributed by atoms with van der Waals surface area (Å²) in [7, 11) is 0. The highest BCUT2D eigenvalue weighted by Crippen LogP contribution is 2.06. The standard InChI is InChI=1S/C12H11ClN2/c13-7-11-8-14-12(15-9-11)6-10-4-2-1-3-5-10/h1-5,8-9H,6-7H2. The number of alkyl halides is 1. The van der Waals surface area contributed by atoms with Crippen molar-refractivity contribution in [2.75, 3.05) is 0 Å².